The molecule has 0 bridgehead atoms. The average Bonchev–Trinajstić information content (AvgIpc) is 2.77. The molecule has 1 aliphatic rings. The zero-order chi connectivity index (χ0) is 20.9. The Kier molecular flexibility index (Phi) is 6.62. The molecule has 5 nitrogen and oxygen atoms in total. The van der Waals surface area contributed by atoms with Gasteiger partial charge in [-0.05, 0) is 30.2 Å². The predicted molar refractivity (Wildman–Crippen MR) is 123 cm³/mol. The van der Waals surface area contributed by atoms with Gasteiger partial charge in [0.25, 0.3) is 0 Å². The van der Waals surface area contributed by atoms with Crippen LogP contribution in [0.4, 0.5) is 5.69 Å². The van der Waals surface area contributed by atoms with Gasteiger partial charge in [-0.25, -0.2) is 0 Å². The van der Waals surface area contributed by atoms with Crippen LogP contribution in [0.2, 0.25) is 5.02 Å². The maximum Gasteiger partial charge on any atom is 0.238 e. The van der Waals surface area contributed by atoms with E-state index in [1.807, 2.05) is 42.6 Å². The maximum atomic E-state index is 12.5. The molecule has 3 aromatic rings. The number of nitrogens with one attached hydrogen (secondary N) is 1. The topological polar surface area (TPSA) is 48.5 Å². The lowest BCUT2D eigenvalue weighted by atomic mass is 10.1. The van der Waals surface area contributed by atoms with Gasteiger partial charge in [-0.1, -0.05) is 48.9 Å². The van der Waals surface area contributed by atoms with Crippen molar-refractivity contribution in [1.29, 1.82) is 0 Å². The van der Waals surface area contributed by atoms with Crippen LogP contribution in [0, 0.1) is 0 Å². The molecule has 4 rings (SSSR count). The van der Waals surface area contributed by atoms with Crippen LogP contribution < -0.4 is 5.32 Å². The molecular weight excluding hydrogens is 396 g/mol. The number of piperazine rings is 1. The molecule has 30 heavy (non-hydrogen) atoms. The van der Waals surface area contributed by atoms with E-state index in [-0.39, 0.29) is 5.91 Å². The van der Waals surface area contributed by atoms with Crippen molar-refractivity contribution in [2.24, 2.45) is 0 Å². The largest absolute Gasteiger partial charge is 0.325 e. The lowest BCUT2D eigenvalue weighted by Crippen LogP contribution is -2.48. The van der Waals surface area contributed by atoms with Gasteiger partial charge < -0.3 is 5.32 Å². The van der Waals surface area contributed by atoms with Gasteiger partial charge in [-0.3, -0.25) is 19.6 Å². The summed E-state index contributed by atoms with van der Waals surface area (Å²) < 4.78 is 0. The highest BCUT2D eigenvalue weighted by atomic mass is 35.5. The van der Waals surface area contributed by atoms with E-state index in [2.05, 4.69) is 39.2 Å². The third-order valence-corrected chi connectivity index (χ3v) is 6.06. The summed E-state index contributed by atoms with van der Waals surface area (Å²) in [6, 6.07) is 16.0. The van der Waals surface area contributed by atoms with Crippen molar-refractivity contribution in [3.63, 3.8) is 0 Å². The molecule has 0 aliphatic carbocycles. The Bertz CT molecular complexity index is 1030. The van der Waals surface area contributed by atoms with Crippen molar-refractivity contribution in [2.45, 2.75) is 19.9 Å². The average molecular weight is 423 g/mol. The third kappa shape index (κ3) is 4.81. The molecule has 0 radical (unpaired) electrons. The van der Waals surface area contributed by atoms with Gasteiger partial charge in [0.05, 0.1) is 12.1 Å². The number of carbonyl (C=O) groups excluding carboxylic acids is 1. The van der Waals surface area contributed by atoms with Gasteiger partial charge in [0.1, 0.15) is 0 Å². The van der Waals surface area contributed by atoms with Crippen molar-refractivity contribution < 1.29 is 4.79 Å². The van der Waals surface area contributed by atoms with Crippen molar-refractivity contribution in [2.75, 3.05) is 38.0 Å². The molecule has 1 amide bonds. The second-order valence-electron chi connectivity index (χ2n) is 7.71. The number of hydrogen-bond donors (Lipinski definition) is 1. The van der Waals surface area contributed by atoms with Crippen molar-refractivity contribution in [1.82, 2.24) is 14.8 Å². The number of carbonyl (C=O) groups is 1. The summed E-state index contributed by atoms with van der Waals surface area (Å²) in [5, 5.41) is 4.94. The number of benzene rings is 2. The molecule has 1 N–H and O–H groups in total. The molecule has 1 fully saturated rings. The standard InChI is InChI=1S/C24H27ClN4O/c1-2-18-6-3-4-8-22(18)27-23(30)17-29-14-12-28(13-15-29)16-20-21(25)10-9-19-7-5-11-26-24(19)20/h3-11H,2,12-17H2,1H3,(H,27,30). The summed E-state index contributed by atoms with van der Waals surface area (Å²) in [5.74, 6) is 0.0469. The third-order valence-electron chi connectivity index (χ3n) is 5.71. The second-order valence-corrected chi connectivity index (χ2v) is 8.12. The number of nitrogens with zero attached hydrogens (tertiary/aromatic N) is 3. The highest BCUT2D eigenvalue weighted by Crippen LogP contribution is 2.26. The van der Waals surface area contributed by atoms with Crippen molar-refractivity contribution in [3.8, 4) is 0 Å². The van der Waals surface area contributed by atoms with Crippen LogP contribution in [-0.2, 0) is 17.8 Å². The van der Waals surface area contributed by atoms with Crippen LogP contribution in [0.15, 0.2) is 54.7 Å². The number of fused-ring (bicyclic) bond motifs is 1. The Balaban J connectivity index is 1.32. The fraction of sp³-hybridized carbons (Fsp3) is 0.333. The Morgan fingerprint density at radius 1 is 1.03 bits per heavy atom. The summed E-state index contributed by atoms with van der Waals surface area (Å²) >= 11 is 6.49. The van der Waals surface area contributed by atoms with E-state index < -0.39 is 0 Å². The molecule has 2 heterocycles. The van der Waals surface area contributed by atoms with E-state index in [0.717, 1.165) is 71.9 Å². The summed E-state index contributed by atoms with van der Waals surface area (Å²) in [7, 11) is 0. The molecule has 1 aromatic heterocycles. The molecule has 1 aliphatic heterocycles. The van der Waals surface area contributed by atoms with E-state index in [9.17, 15) is 4.79 Å². The molecule has 0 saturated carbocycles. The van der Waals surface area contributed by atoms with Crippen LogP contribution in [0.25, 0.3) is 10.9 Å². The lowest BCUT2D eigenvalue weighted by Gasteiger charge is -2.34. The normalized spacial score (nSPS) is 15.4. The van der Waals surface area contributed by atoms with Gasteiger partial charge in [0.2, 0.25) is 5.91 Å². The number of amides is 1. The first-order chi connectivity index (χ1) is 14.6. The van der Waals surface area contributed by atoms with Crippen LogP contribution in [0.5, 0.6) is 0 Å². The van der Waals surface area contributed by atoms with Gasteiger partial charge in [-0.2, -0.15) is 0 Å². The fourth-order valence-corrected chi connectivity index (χ4v) is 4.22. The minimum atomic E-state index is 0.0469. The minimum absolute atomic E-state index is 0.0469. The zero-order valence-corrected chi connectivity index (χ0v) is 18.0. The Morgan fingerprint density at radius 2 is 1.80 bits per heavy atom. The smallest absolute Gasteiger partial charge is 0.238 e. The van der Waals surface area contributed by atoms with Gasteiger partial charge in [-0.15, -0.1) is 0 Å². The number of aryl methyl sites for hydroxylation is 1. The summed E-state index contributed by atoms with van der Waals surface area (Å²) in [4.78, 5) is 21.7. The van der Waals surface area contributed by atoms with Crippen molar-refractivity contribution >= 4 is 34.1 Å². The van der Waals surface area contributed by atoms with Crippen LogP contribution in [0.1, 0.15) is 18.1 Å². The zero-order valence-electron chi connectivity index (χ0n) is 17.3. The predicted octanol–water partition coefficient (Wildman–Crippen LogP) is 4.21. The monoisotopic (exact) mass is 422 g/mol. The highest BCUT2D eigenvalue weighted by Gasteiger charge is 2.21. The van der Waals surface area contributed by atoms with Gasteiger partial charge in [0, 0.05) is 60.6 Å². The number of pyridine rings is 1. The van der Waals surface area contributed by atoms with E-state index in [1.54, 1.807) is 0 Å². The first kappa shape index (κ1) is 20.8. The summed E-state index contributed by atoms with van der Waals surface area (Å²) in [6.07, 6.45) is 2.72. The Labute approximate surface area is 182 Å². The number of aromatic nitrogens is 1. The molecule has 1 saturated heterocycles. The van der Waals surface area contributed by atoms with Gasteiger partial charge in [0.15, 0.2) is 0 Å². The first-order valence-electron chi connectivity index (χ1n) is 10.5. The first-order valence-corrected chi connectivity index (χ1v) is 10.9. The molecule has 0 atom stereocenters. The molecule has 156 valence electrons. The van der Waals surface area contributed by atoms with Crippen LogP contribution in [0.3, 0.4) is 0 Å². The quantitative estimate of drug-likeness (QED) is 0.646. The Hall–Kier alpha value is -2.47. The highest BCUT2D eigenvalue weighted by molar-refractivity contribution is 6.32. The maximum absolute atomic E-state index is 12.5. The van der Waals surface area contributed by atoms with E-state index in [0.29, 0.717) is 6.54 Å². The number of hydrogen-bond acceptors (Lipinski definition) is 4. The number of anilines is 1. The SMILES string of the molecule is CCc1ccccc1NC(=O)CN1CCN(Cc2c(Cl)ccc3cccnc23)CC1. The van der Waals surface area contributed by atoms with Crippen molar-refractivity contribution in [3.05, 3.63) is 70.9 Å². The van der Waals surface area contributed by atoms with E-state index in [1.165, 1.54) is 0 Å². The van der Waals surface area contributed by atoms with Crippen LogP contribution >= 0.6 is 11.6 Å². The molecule has 2 aromatic carbocycles. The number of rotatable bonds is 6. The summed E-state index contributed by atoms with van der Waals surface area (Å²) in [6.45, 7) is 6.82. The van der Waals surface area contributed by atoms with Crippen LogP contribution in [-0.4, -0.2) is 53.4 Å². The lowest BCUT2D eigenvalue weighted by molar-refractivity contribution is -0.117. The van der Waals surface area contributed by atoms with E-state index in [4.69, 9.17) is 11.6 Å². The second kappa shape index (κ2) is 9.56. The summed E-state index contributed by atoms with van der Waals surface area (Å²) in [5.41, 5.74) is 4.14. The molecule has 0 unspecified atom stereocenters. The Morgan fingerprint density at radius 3 is 2.60 bits per heavy atom. The number of halogens is 1. The fourth-order valence-electron chi connectivity index (χ4n) is 4.00. The molecule has 0 spiro atoms. The molecule has 6 heteroatoms. The molecular formula is C24H27ClN4O. The number of para-hydroxylation sites is 1. The minimum Gasteiger partial charge on any atom is -0.325 e. The van der Waals surface area contributed by atoms with E-state index >= 15 is 0 Å². The van der Waals surface area contributed by atoms with Gasteiger partial charge >= 0.3 is 0 Å².